The molecule has 0 aliphatic carbocycles. The summed E-state index contributed by atoms with van der Waals surface area (Å²) < 4.78 is 1.44. The van der Waals surface area contributed by atoms with Crippen LogP contribution in [-0.4, -0.2) is 15.8 Å². The summed E-state index contributed by atoms with van der Waals surface area (Å²) in [7, 11) is 1.61. The minimum atomic E-state index is -1.17. The Kier molecular flexibility index (Phi) is 4.70. The van der Waals surface area contributed by atoms with E-state index in [1.807, 2.05) is 30.3 Å². The maximum atomic E-state index is 12.7. The number of hydrogen-bond acceptors (Lipinski definition) is 2. The minimum absolute atomic E-state index is 0.0124. The minimum Gasteiger partial charge on any atom is -0.465 e. The highest BCUT2D eigenvalue weighted by atomic mass is 35.5. The van der Waals surface area contributed by atoms with Crippen LogP contribution in [0.2, 0.25) is 10.0 Å². The Morgan fingerprint density at radius 3 is 2.32 bits per heavy atom. The van der Waals surface area contributed by atoms with Gasteiger partial charge < -0.3 is 15.0 Å². The molecule has 2 N–H and O–H groups in total. The van der Waals surface area contributed by atoms with Crippen LogP contribution >= 0.6 is 23.2 Å². The van der Waals surface area contributed by atoms with Crippen LogP contribution in [-0.2, 0) is 13.6 Å². The number of aromatic nitrogens is 1. The van der Waals surface area contributed by atoms with Crippen LogP contribution in [0.3, 0.4) is 0 Å². The third-order valence-corrected chi connectivity index (χ3v) is 4.75. The van der Waals surface area contributed by atoms with Gasteiger partial charge in [0.15, 0.2) is 0 Å². The molecule has 128 valence electrons. The summed E-state index contributed by atoms with van der Waals surface area (Å²) >= 11 is 12.3. The number of carbonyl (C=O) groups is 1. The van der Waals surface area contributed by atoms with Crippen molar-refractivity contribution in [2.75, 3.05) is 0 Å². The van der Waals surface area contributed by atoms with E-state index < -0.39 is 6.09 Å². The van der Waals surface area contributed by atoms with Crippen molar-refractivity contribution >= 4 is 40.1 Å². The summed E-state index contributed by atoms with van der Waals surface area (Å²) in [5, 5.41) is 13.0. The molecule has 0 saturated carbocycles. The average molecular weight is 377 g/mol. The van der Waals surface area contributed by atoms with E-state index in [1.165, 1.54) is 4.57 Å². The first-order chi connectivity index (χ1) is 11.9. The van der Waals surface area contributed by atoms with Gasteiger partial charge in [-0.1, -0.05) is 53.5 Å². The van der Waals surface area contributed by atoms with Gasteiger partial charge in [0.1, 0.15) is 0 Å². The zero-order valence-electron chi connectivity index (χ0n) is 13.2. The number of halogens is 2. The molecule has 0 aliphatic heterocycles. The Balaban J connectivity index is 2.43. The number of nitrogens with zero attached hydrogens (tertiary/aromatic N) is 1. The van der Waals surface area contributed by atoms with Crippen molar-refractivity contribution < 1.29 is 9.90 Å². The van der Waals surface area contributed by atoms with Crippen molar-refractivity contribution in [1.29, 1.82) is 0 Å². The molecule has 0 spiro atoms. The predicted octanol–water partition coefficient (Wildman–Crippen LogP) is 4.28. The van der Waals surface area contributed by atoms with Gasteiger partial charge in [-0.3, -0.25) is 4.79 Å². The summed E-state index contributed by atoms with van der Waals surface area (Å²) in [6.07, 6.45) is -1.17. The van der Waals surface area contributed by atoms with Crippen molar-refractivity contribution in [1.82, 2.24) is 9.88 Å². The van der Waals surface area contributed by atoms with Gasteiger partial charge in [-0.15, -0.1) is 0 Å². The van der Waals surface area contributed by atoms with Crippen molar-refractivity contribution in [3.63, 3.8) is 0 Å². The van der Waals surface area contributed by atoms with E-state index >= 15 is 0 Å². The molecule has 5 nitrogen and oxygen atoms in total. The zero-order chi connectivity index (χ0) is 18.1. The van der Waals surface area contributed by atoms with Crippen LogP contribution in [0.25, 0.3) is 21.9 Å². The monoisotopic (exact) mass is 376 g/mol. The molecule has 25 heavy (non-hydrogen) atoms. The molecule has 3 aromatic rings. The largest absolute Gasteiger partial charge is 0.465 e. The van der Waals surface area contributed by atoms with Gasteiger partial charge in [-0.2, -0.15) is 0 Å². The van der Waals surface area contributed by atoms with Crippen molar-refractivity contribution in [3.05, 3.63) is 68.6 Å². The standard InChI is InChI=1S/C18H14Cl2N2O3/c1-22-15(9-21-18(24)25)16(10-5-3-2-4-6-10)11-7-13(19)14(20)8-12(11)17(22)23/h2-8,21H,9H2,1H3,(H,24,25). The molecule has 1 amide bonds. The van der Waals surface area contributed by atoms with E-state index in [0.717, 1.165) is 11.1 Å². The van der Waals surface area contributed by atoms with E-state index in [-0.39, 0.29) is 12.1 Å². The molecule has 3 rings (SSSR count). The van der Waals surface area contributed by atoms with E-state index in [2.05, 4.69) is 5.32 Å². The SMILES string of the molecule is Cn1c(CNC(=O)O)c(-c2ccccc2)c2cc(Cl)c(Cl)cc2c1=O. The summed E-state index contributed by atoms with van der Waals surface area (Å²) in [4.78, 5) is 23.7. The number of amides is 1. The van der Waals surface area contributed by atoms with Crippen LogP contribution in [0.4, 0.5) is 4.79 Å². The van der Waals surface area contributed by atoms with Gasteiger partial charge >= 0.3 is 6.09 Å². The second-order valence-electron chi connectivity index (χ2n) is 5.52. The molecular formula is C18H14Cl2N2O3. The van der Waals surface area contributed by atoms with Crippen LogP contribution < -0.4 is 10.9 Å². The molecule has 0 aliphatic rings. The second kappa shape index (κ2) is 6.78. The number of fused-ring (bicyclic) bond motifs is 1. The lowest BCUT2D eigenvalue weighted by Gasteiger charge is -2.18. The molecule has 0 saturated heterocycles. The third kappa shape index (κ3) is 3.21. The Bertz CT molecular complexity index is 1030. The highest BCUT2D eigenvalue weighted by Crippen LogP contribution is 2.34. The summed E-state index contributed by atoms with van der Waals surface area (Å²) in [5.41, 5.74) is 1.87. The van der Waals surface area contributed by atoms with E-state index in [1.54, 1.807) is 19.2 Å². The highest BCUT2D eigenvalue weighted by Gasteiger charge is 2.18. The summed E-state index contributed by atoms with van der Waals surface area (Å²) in [6, 6.07) is 12.6. The van der Waals surface area contributed by atoms with E-state index in [9.17, 15) is 9.59 Å². The summed E-state index contributed by atoms with van der Waals surface area (Å²) in [6.45, 7) is -0.0124. The topological polar surface area (TPSA) is 71.3 Å². The van der Waals surface area contributed by atoms with Gasteiger partial charge in [-0.05, 0) is 23.1 Å². The van der Waals surface area contributed by atoms with Gasteiger partial charge in [-0.25, -0.2) is 4.79 Å². The molecule has 2 aromatic carbocycles. The Labute approximate surface area is 153 Å². The fraction of sp³-hybridized carbons (Fsp3) is 0.111. The van der Waals surface area contributed by atoms with Gasteiger partial charge in [0.05, 0.1) is 16.6 Å². The second-order valence-corrected chi connectivity index (χ2v) is 6.34. The van der Waals surface area contributed by atoms with Crippen LogP contribution in [0.15, 0.2) is 47.3 Å². The number of nitrogens with one attached hydrogen (secondary N) is 1. The van der Waals surface area contributed by atoms with Gasteiger partial charge in [0.25, 0.3) is 5.56 Å². The quantitative estimate of drug-likeness (QED) is 0.716. The Morgan fingerprint density at radius 2 is 1.72 bits per heavy atom. The fourth-order valence-electron chi connectivity index (χ4n) is 2.85. The maximum absolute atomic E-state index is 12.7. The zero-order valence-corrected chi connectivity index (χ0v) is 14.7. The molecular weight excluding hydrogens is 363 g/mol. The maximum Gasteiger partial charge on any atom is 0.404 e. The van der Waals surface area contributed by atoms with Crippen molar-refractivity contribution in [3.8, 4) is 11.1 Å². The predicted molar refractivity (Wildman–Crippen MR) is 99.5 cm³/mol. The number of hydrogen-bond donors (Lipinski definition) is 2. The lowest BCUT2D eigenvalue weighted by molar-refractivity contribution is 0.193. The number of rotatable bonds is 3. The highest BCUT2D eigenvalue weighted by molar-refractivity contribution is 6.43. The average Bonchev–Trinajstić information content (AvgIpc) is 2.59. The first-order valence-corrected chi connectivity index (χ1v) is 8.18. The van der Waals surface area contributed by atoms with Crippen LogP contribution in [0, 0.1) is 0 Å². The number of pyridine rings is 1. The number of carboxylic acid groups (broad SMARTS) is 1. The molecule has 7 heteroatoms. The molecule has 0 atom stereocenters. The molecule has 0 unspecified atom stereocenters. The van der Waals surface area contributed by atoms with Gasteiger partial charge in [0, 0.05) is 23.7 Å². The lowest BCUT2D eigenvalue weighted by Crippen LogP contribution is -2.28. The van der Waals surface area contributed by atoms with E-state index in [4.69, 9.17) is 28.3 Å². The van der Waals surface area contributed by atoms with E-state index in [0.29, 0.717) is 26.5 Å². The van der Waals surface area contributed by atoms with Crippen molar-refractivity contribution in [2.45, 2.75) is 6.54 Å². The smallest absolute Gasteiger partial charge is 0.404 e. The van der Waals surface area contributed by atoms with Gasteiger partial charge in [0.2, 0.25) is 0 Å². The fourth-order valence-corrected chi connectivity index (χ4v) is 3.18. The molecule has 1 aromatic heterocycles. The summed E-state index contributed by atoms with van der Waals surface area (Å²) in [5.74, 6) is 0. The normalized spacial score (nSPS) is 10.8. The first-order valence-electron chi connectivity index (χ1n) is 7.43. The molecule has 0 fully saturated rings. The Morgan fingerprint density at radius 1 is 1.12 bits per heavy atom. The molecule has 1 heterocycles. The lowest BCUT2D eigenvalue weighted by atomic mass is 9.96. The van der Waals surface area contributed by atoms with Crippen LogP contribution in [0.5, 0.6) is 0 Å². The molecule has 0 radical (unpaired) electrons. The first kappa shape index (κ1) is 17.3. The van der Waals surface area contributed by atoms with Crippen molar-refractivity contribution in [2.24, 2.45) is 7.05 Å². The third-order valence-electron chi connectivity index (χ3n) is 4.03. The molecule has 0 bridgehead atoms. The number of benzene rings is 2. The Hall–Kier alpha value is -2.50. The van der Waals surface area contributed by atoms with Crippen LogP contribution in [0.1, 0.15) is 5.69 Å².